The maximum absolute atomic E-state index is 13.1. The van der Waals surface area contributed by atoms with Crippen molar-refractivity contribution in [2.45, 2.75) is 26.9 Å². The Balaban J connectivity index is 2.66. The fourth-order valence-electron chi connectivity index (χ4n) is 2.19. The second kappa shape index (κ2) is 7.97. The van der Waals surface area contributed by atoms with E-state index in [-0.39, 0.29) is 11.7 Å². The number of nitrogens with zero attached hydrogens (tertiary/aromatic N) is 2. The Bertz CT molecular complexity index is 447. The number of carbonyl (C=O) groups is 1. The highest BCUT2D eigenvalue weighted by atomic mass is 19.1. The normalized spacial score (nSPS) is 10.9. The van der Waals surface area contributed by atoms with E-state index in [0.717, 1.165) is 11.1 Å². The van der Waals surface area contributed by atoms with Gasteiger partial charge in [-0.05, 0) is 44.2 Å². The summed E-state index contributed by atoms with van der Waals surface area (Å²) in [5, 5.41) is 0. The zero-order chi connectivity index (χ0) is 15.1. The smallest absolute Gasteiger partial charge is 0.236 e. The average Bonchev–Trinajstić information content (AvgIpc) is 2.42. The predicted molar refractivity (Wildman–Crippen MR) is 78.6 cm³/mol. The van der Waals surface area contributed by atoms with Gasteiger partial charge in [0, 0.05) is 26.2 Å². The summed E-state index contributed by atoms with van der Waals surface area (Å²) in [7, 11) is 1.88. The maximum Gasteiger partial charge on any atom is 0.236 e. The van der Waals surface area contributed by atoms with Crippen molar-refractivity contribution in [2.24, 2.45) is 5.73 Å². The molecule has 0 spiro atoms. The third-order valence-corrected chi connectivity index (χ3v) is 3.35. The molecule has 0 aliphatic heterocycles. The van der Waals surface area contributed by atoms with Crippen molar-refractivity contribution in [1.82, 2.24) is 9.80 Å². The fraction of sp³-hybridized carbons (Fsp3) is 0.533. The van der Waals surface area contributed by atoms with Gasteiger partial charge in [-0.25, -0.2) is 4.39 Å². The highest BCUT2D eigenvalue weighted by molar-refractivity contribution is 5.78. The third kappa shape index (κ3) is 4.58. The van der Waals surface area contributed by atoms with Crippen LogP contribution in [0.15, 0.2) is 18.2 Å². The molecule has 0 atom stereocenters. The molecule has 0 bridgehead atoms. The van der Waals surface area contributed by atoms with Gasteiger partial charge in [0.05, 0.1) is 6.54 Å². The highest BCUT2D eigenvalue weighted by Crippen LogP contribution is 2.13. The monoisotopic (exact) mass is 281 g/mol. The second-order valence-corrected chi connectivity index (χ2v) is 4.86. The van der Waals surface area contributed by atoms with Gasteiger partial charge >= 0.3 is 0 Å². The Kier molecular flexibility index (Phi) is 6.61. The number of carbonyl (C=O) groups excluding carboxylic acids is 1. The van der Waals surface area contributed by atoms with E-state index in [1.165, 1.54) is 12.1 Å². The fourth-order valence-corrected chi connectivity index (χ4v) is 2.19. The number of benzene rings is 1. The van der Waals surface area contributed by atoms with E-state index >= 15 is 0 Å². The van der Waals surface area contributed by atoms with E-state index in [9.17, 15) is 9.18 Å². The summed E-state index contributed by atoms with van der Waals surface area (Å²) in [5.41, 5.74) is 7.37. The molecule has 0 aromatic heterocycles. The molecular formula is C15H24FN3O. The van der Waals surface area contributed by atoms with Crippen molar-refractivity contribution in [3.8, 4) is 0 Å². The van der Waals surface area contributed by atoms with E-state index in [1.54, 1.807) is 11.0 Å². The van der Waals surface area contributed by atoms with Gasteiger partial charge in [-0.2, -0.15) is 0 Å². The summed E-state index contributed by atoms with van der Waals surface area (Å²) in [4.78, 5) is 15.7. The van der Waals surface area contributed by atoms with E-state index < -0.39 is 0 Å². The van der Waals surface area contributed by atoms with Crippen LogP contribution in [0.3, 0.4) is 0 Å². The van der Waals surface area contributed by atoms with Gasteiger partial charge in [-0.15, -0.1) is 0 Å². The Labute approximate surface area is 120 Å². The zero-order valence-corrected chi connectivity index (χ0v) is 12.5. The summed E-state index contributed by atoms with van der Waals surface area (Å²) < 4.78 is 13.1. The van der Waals surface area contributed by atoms with Crippen LogP contribution in [0.2, 0.25) is 0 Å². The molecule has 4 nitrogen and oxygen atoms in total. The number of hydrogen-bond donors (Lipinski definition) is 1. The second-order valence-electron chi connectivity index (χ2n) is 4.86. The number of hydrogen-bond acceptors (Lipinski definition) is 3. The Morgan fingerprint density at radius 1 is 1.25 bits per heavy atom. The van der Waals surface area contributed by atoms with Gasteiger partial charge in [0.25, 0.3) is 0 Å². The molecule has 1 amide bonds. The van der Waals surface area contributed by atoms with Crippen molar-refractivity contribution < 1.29 is 9.18 Å². The summed E-state index contributed by atoms with van der Waals surface area (Å²) >= 11 is 0. The molecule has 0 heterocycles. The van der Waals surface area contributed by atoms with Crippen LogP contribution in [0.25, 0.3) is 0 Å². The van der Waals surface area contributed by atoms with Crippen LogP contribution in [-0.2, 0) is 17.9 Å². The Morgan fingerprint density at radius 3 is 2.45 bits per heavy atom. The number of amides is 1. The number of likely N-dealkylation sites (N-methyl/N-ethyl adjacent to an activating group) is 2. The quantitative estimate of drug-likeness (QED) is 0.825. The van der Waals surface area contributed by atoms with Crippen LogP contribution in [0, 0.1) is 5.82 Å². The lowest BCUT2D eigenvalue weighted by Crippen LogP contribution is -2.38. The van der Waals surface area contributed by atoms with Crippen molar-refractivity contribution in [3.63, 3.8) is 0 Å². The number of rotatable bonds is 7. The maximum atomic E-state index is 13.1. The minimum Gasteiger partial charge on any atom is -0.342 e. The molecule has 2 N–H and O–H groups in total. The lowest BCUT2D eigenvalue weighted by molar-refractivity contribution is -0.131. The standard InChI is InChI=1S/C15H24FN3O/c1-4-19(5-2)15(20)11-18(3)10-12-6-7-14(16)8-13(12)9-17/h6-8H,4-5,9-11,17H2,1-3H3. The summed E-state index contributed by atoms with van der Waals surface area (Å²) in [6, 6.07) is 4.61. The van der Waals surface area contributed by atoms with Crippen LogP contribution in [0.5, 0.6) is 0 Å². The van der Waals surface area contributed by atoms with Gasteiger partial charge in [-0.3, -0.25) is 9.69 Å². The summed E-state index contributed by atoms with van der Waals surface area (Å²) in [6.45, 7) is 6.59. The van der Waals surface area contributed by atoms with Gasteiger partial charge in [0.1, 0.15) is 5.82 Å². The molecule has 1 aromatic rings. The van der Waals surface area contributed by atoms with Crippen molar-refractivity contribution in [1.29, 1.82) is 0 Å². The lowest BCUT2D eigenvalue weighted by atomic mass is 10.1. The molecule has 20 heavy (non-hydrogen) atoms. The molecule has 0 saturated carbocycles. The van der Waals surface area contributed by atoms with Gasteiger partial charge in [0.2, 0.25) is 5.91 Å². The van der Waals surface area contributed by atoms with Crippen molar-refractivity contribution >= 4 is 5.91 Å². The molecule has 5 heteroatoms. The Morgan fingerprint density at radius 2 is 1.90 bits per heavy atom. The van der Waals surface area contributed by atoms with Crippen LogP contribution in [0.1, 0.15) is 25.0 Å². The molecule has 0 aliphatic carbocycles. The van der Waals surface area contributed by atoms with Crippen molar-refractivity contribution in [2.75, 3.05) is 26.7 Å². The molecule has 1 aromatic carbocycles. The van der Waals surface area contributed by atoms with E-state index in [2.05, 4.69) is 0 Å². The minimum atomic E-state index is -0.281. The lowest BCUT2D eigenvalue weighted by Gasteiger charge is -2.23. The van der Waals surface area contributed by atoms with Crippen LogP contribution >= 0.6 is 0 Å². The zero-order valence-electron chi connectivity index (χ0n) is 12.5. The SMILES string of the molecule is CCN(CC)C(=O)CN(C)Cc1ccc(F)cc1CN. The van der Waals surface area contributed by atoms with E-state index in [4.69, 9.17) is 5.73 Å². The van der Waals surface area contributed by atoms with Gasteiger partial charge in [-0.1, -0.05) is 6.07 Å². The first-order chi connectivity index (χ1) is 9.51. The minimum absolute atomic E-state index is 0.105. The first-order valence-corrected chi connectivity index (χ1v) is 6.95. The topological polar surface area (TPSA) is 49.6 Å². The summed E-state index contributed by atoms with van der Waals surface area (Å²) in [6.07, 6.45) is 0. The molecule has 112 valence electrons. The first-order valence-electron chi connectivity index (χ1n) is 6.95. The van der Waals surface area contributed by atoms with Crippen LogP contribution in [-0.4, -0.2) is 42.4 Å². The number of nitrogens with two attached hydrogens (primary N) is 1. The van der Waals surface area contributed by atoms with Crippen molar-refractivity contribution in [3.05, 3.63) is 35.1 Å². The average molecular weight is 281 g/mol. The molecule has 0 saturated heterocycles. The molecular weight excluding hydrogens is 257 g/mol. The molecule has 0 aliphatic rings. The van der Waals surface area contributed by atoms with Crippen LogP contribution < -0.4 is 5.73 Å². The third-order valence-electron chi connectivity index (χ3n) is 3.35. The van der Waals surface area contributed by atoms with E-state index in [0.29, 0.717) is 32.7 Å². The highest BCUT2D eigenvalue weighted by Gasteiger charge is 2.13. The Hall–Kier alpha value is -1.46. The van der Waals surface area contributed by atoms with Crippen LogP contribution in [0.4, 0.5) is 4.39 Å². The van der Waals surface area contributed by atoms with Gasteiger partial charge in [0.15, 0.2) is 0 Å². The summed E-state index contributed by atoms with van der Waals surface area (Å²) in [5.74, 6) is -0.176. The molecule has 0 radical (unpaired) electrons. The molecule has 0 fully saturated rings. The predicted octanol–water partition coefficient (Wildman–Crippen LogP) is 1.58. The van der Waals surface area contributed by atoms with Gasteiger partial charge < -0.3 is 10.6 Å². The molecule has 0 unspecified atom stereocenters. The molecule has 1 rings (SSSR count). The number of halogens is 1. The first kappa shape index (κ1) is 16.6. The largest absolute Gasteiger partial charge is 0.342 e. The van der Waals surface area contributed by atoms with E-state index in [1.807, 2.05) is 25.8 Å².